The van der Waals surface area contributed by atoms with E-state index in [4.69, 9.17) is 0 Å². The molecule has 0 amide bonds. The molecular weight excluding hydrogens is 196 g/mol. The van der Waals surface area contributed by atoms with Crippen LogP contribution in [0, 0.1) is 0 Å². The summed E-state index contributed by atoms with van der Waals surface area (Å²) in [4.78, 5) is 0.449. The molecular formula is C11H14O2S. The summed E-state index contributed by atoms with van der Waals surface area (Å²) in [5.74, 6) is 0.582. The van der Waals surface area contributed by atoms with Gasteiger partial charge in [0.2, 0.25) is 0 Å². The molecule has 2 rings (SSSR count). The number of fused-ring (bicyclic) bond motifs is 1. The summed E-state index contributed by atoms with van der Waals surface area (Å²) in [6.45, 7) is 2.19. The van der Waals surface area contributed by atoms with Gasteiger partial charge in [-0.25, -0.2) is 8.42 Å². The largest absolute Gasteiger partial charge is 0.224 e. The average Bonchev–Trinajstić information content (AvgIpc) is 2.46. The van der Waals surface area contributed by atoms with Gasteiger partial charge in [-0.2, -0.15) is 0 Å². The third-order valence-corrected chi connectivity index (χ3v) is 4.03. The van der Waals surface area contributed by atoms with Crippen molar-refractivity contribution in [3.63, 3.8) is 0 Å². The van der Waals surface area contributed by atoms with Crippen molar-refractivity contribution in [3.8, 4) is 0 Å². The Morgan fingerprint density at radius 1 is 1.36 bits per heavy atom. The Hall–Kier alpha value is -0.830. The Kier molecular flexibility index (Phi) is 2.14. The second-order valence-electron chi connectivity index (χ2n) is 4.07. The van der Waals surface area contributed by atoms with Gasteiger partial charge in [0.1, 0.15) is 0 Å². The minimum absolute atomic E-state index is 0.449. The van der Waals surface area contributed by atoms with Crippen molar-refractivity contribution in [1.29, 1.82) is 0 Å². The molecule has 0 aromatic heterocycles. The molecule has 1 aliphatic carbocycles. The first-order valence-electron chi connectivity index (χ1n) is 4.81. The molecule has 0 bridgehead atoms. The Bertz CT molecular complexity index is 460. The third kappa shape index (κ3) is 1.57. The van der Waals surface area contributed by atoms with E-state index >= 15 is 0 Å². The second-order valence-corrected chi connectivity index (χ2v) is 6.09. The maximum Gasteiger partial charge on any atom is 0.175 e. The van der Waals surface area contributed by atoms with Crippen LogP contribution >= 0.6 is 0 Å². The van der Waals surface area contributed by atoms with Crippen LogP contribution in [-0.2, 0) is 16.3 Å². The van der Waals surface area contributed by atoms with Gasteiger partial charge in [-0.05, 0) is 42.0 Å². The molecule has 1 aromatic carbocycles. The summed E-state index contributed by atoms with van der Waals surface area (Å²) < 4.78 is 22.6. The van der Waals surface area contributed by atoms with Gasteiger partial charge in [0, 0.05) is 6.26 Å². The van der Waals surface area contributed by atoms with Crippen molar-refractivity contribution >= 4 is 9.84 Å². The van der Waals surface area contributed by atoms with Crippen molar-refractivity contribution in [1.82, 2.24) is 0 Å². The summed E-state index contributed by atoms with van der Waals surface area (Å²) >= 11 is 0. The Labute approximate surface area is 84.9 Å². The fraction of sp³-hybridized carbons (Fsp3) is 0.455. The molecule has 0 spiro atoms. The van der Waals surface area contributed by atoms with Gasteiger partial charge in [-0.1, -0.05) is 13.0 Å². The zero-order valence-corrected chi connectivity index (χ0v) is 9.26. The van der Waals surface area contributed by atoms with Crippen LogP contribution in [0.4, 0.5) is 0 Å². The van der Waals surface area contributed by atoms with E-state index in [9.17, 15) is 8.42 Å². The van der Waals surface area contributed by atoms with Gasteiger partial charge in [0.25, 0.3) is 0 Å². The van der Waals surface area contributed by atoms with Gasteiger partial charge in [0.15, 0.2) is 9.84 Å². The number of hydrogen-bond acceptors (Lipinski definition) is 2. The number of hydrogen-bond donors (Lipinski definition) is 0. The fourth-order valence-electron chi connectivity index (χ4n) is 2.04. The molecule has 0 fully saturated rings. The molecule has 3 heteroatoms. The highest BCUT2D eigenvalue weighted by atomic mass is 32.2. The predicted molar refractivity (Wildman–Crippen MR) is 56.3 cm³/mol. The number of rotatable bonds is 1. The molecule has 0 saturated heterocycles. The lowest BCUT2D eigenvalue weighted by atomic mass is 10.0. The minimum Gasteiger partial charge on any atom is -0.224 e. The highest BCUT2D eigenvalue weighted by molar-refractivity contribution is 7.90. The van der Waals surface area contributed by atoms with Crippen LogP contribution in [0.25, 0.3) is 0 Å². The van der Waals surface area contributed by atoms with Crippen molar-refractivity contribution < 1.29 is 8.42 Å². The first-order valence-corrected chi connectivity index (χ1v) is 6.70. The van der Waals surface area contributed by atoms with Crippen LogP contribution in [-0.4, -0.2) is 14.7 Å². The molecule has 0 N–H and O–H groups in total. The van der Waals surface area contributed by atoms with Crippen molar-refractivity contribution in [2.45, 2.75) is 30.6 Å². The van der Waals surface area contributed by atoms with Gasteiger partial charge >= 0.3 is 0 Å². The summed E-state index contributed by atoms with van der Waals surface area (Å²) in [5.41, 5.74) is 2.53. The fourth-order valence-corrected chi connectivity index (χ4v) is 2.71. The van der Waals surface area contributed by atoms with E-state index in [1.165, 1.54) is 17.4 Å². The van der Waals surface area contributed by atoms with Crippen LogP contribution in [0.3, 0.4) is 0 Å². The summed E-state index contributed by atoms with van der Waals surface area (Å²) in [7, 11) is -3.04. The van der Waals surface area contributed by atoms with Crippen LogP contribution in [0.1, 0.15) is 30.4 Å². The zero-order chi connectivity index (χ0) is 10.3. The number of sulfone groups is 1. The van der Waals surface area contributed by atoms with Crippen LogP contribution < -0.4 is 0 Å². The van der Waals surface area contributed by atoms with E-state index in [2.05, 4.69) is 6.92 Å². The SMILES string of the molecule is CC1CCc2cc(S(C)(=O)=O)ccc21. The van der Waals surface area contributed by atoms with Crippen molar-refractivity contribution in [3.05, 3.63) is 29.3 Å². The molecule has 0 heterocycles. The average molecular weight is 210 g/mol. The molecule has 2 nitrogen and oxygen atoms in total. The highest BCUT2D eigenvalue weighted by Gasteiger charge is 2.20. The number of benzene rings is 1. The first kappa shape index (κ1) is 9.71. The molecule has 1 atom stereocenters. The van der Waals surface area contributed by atoms with Gasteiger partial charge in [-0.15, -0.1) is 0 Å². The molecule has 14 heavy (non-hydrogen) atoms. The molecule has 76 valence electrons. The Balaban J connectivity index is 2.53. The molecule has 1 unspecified atom stereocenters. The minimum atomic E-state index is -3.04. The molecule has 1 aromatic rings. The lowest BCUT2D eigenvalue weighted by Gasteiger charge is -2.05. The maximum absolute atomic E-state index is 11.3. The quantitative estimate of drug-likeness (QED) is 0.711. The topological polar surface area (TPSA) is 34.1 Å². The summed E-state index contributed by atoms with van der Waals surface area (Å²) in [6.07, 6.45) is 3.41. The number of aryl methyl sites for hydroxylation is 1. The van der Waals surface area contributed by atoms with E-state index in [1.54, 1.807) is 6.07 Å². The monoisotopic (exact) mass is 210 g/mol. The van der Waals surface area contributed by atoms with E-state index in [1.807, 2.05) is 12.1 Å². The van der Waals surface area contributed by atoms with Gasteiger partial charge in [0.05, 0.1) is 4.90 Å². The van der Waals surface area contributed by atoms with Gasteiger partial charge < -0.3 is 0 Å². The van der Waals surface area contributed by atoms with Gasteiger partial charge in [-0.3, -0.25) is 0 Å². The molecule has 0 aliphatic heterocycles. The lowest BCUT2D eigenvalue weighted by molar-refractivity contribution is 0.602. The summed E-state index contributed by atoms with van der Waals surface area (Å²) in [5, 5.41) is 0. The zero-order valence-electron chi connectivity index (χ0n) is 8.45. The van der Waals surface area contributed by atoms with Crippen LogP contribution in [0.15, 0.2) is 23.1 Å². The predicted octanol–water partition coefficient (Wildman–Crippen LogP) is 2.14. The smallest absolute Gasteiger partial charge is 0.175 e. The second kappa shape index (κ2) is 3.09. The van der Waals surface area contributed by atoms with E-state index < -0.39 is 9.84 Å². The lowest BCUT2D eigenvalue weighted by Crippen LogP contribution is -1.98. The van der Waals surface area contributed by atoms with Crippen molar-refractivity contribution in [2.24, 2.45) is 0 Å². The molecule has 1 aliphatic rings. The normalized spacial score (nSPS) is 20.9. The maximum atomic E-state index is 11.3. The van der Waals surface area contributed by atoms with Crippen LogP contribution in [0.5, 0.6) is 0 Å². The van der Waals surface area contributed by atoms with E-state index in [0.29, 0.717) is 10.8 Å². The first-order chi connectivity index (χ1) is 6.48. The standard InChI is InChI=1S/C11H14O2S/c1-8-3-4-9-7-10(14(2,12)13)5-6-11(8)9/h5-8H,3-4H2,1-2H3. The summed E-state index contributed by atoms with van der Waals surface area (Å²) in [6, 6.07) is 5.51. The molecule has 0 saturated carbocycles. The van der Waals surface area contributed by atoms with E-state index in [0.717, 1.165) is 12.8 Å². The molecule has 0 radical (unpaired) electrons. The van der Waals surface area contributed by atoms with E-state index in [-0.39, 0.29) is 0 Å². The Morgan fingerprint density at radius 2 is 2.07 bits per heavy atom. The Morgan fingerprint density at radius 3 is 2.71 bits per heavy atom. The highest BCUT2D eigenvalue weighted by Crippen LogP contribution is 2.33. The van der Waals surface area contributed by atoms with Crippen LogP contribution in [0.2, 0.25) is 0 Å². The third-order valence-electron chi connectivity index (χ3n) is 2.92. The van der Waals surface area contributed by atoms with Crippen molar-refractivity contribution in [2.75, 3.05) is 6.26 Å².